The van der Waals surface area contributed by atoms with Crippen LogP contribution in [-0.2, 0) is 26.4 Å². The fourth-order valence-electron chi connectivity index (χ4n) is 2.48. The van der Waals surface area contributed by atoms with Crippen LogP contribution in [0.5, 0.6) is 0 Å². The highest BCUT2D eigenvalue weighted by Gasteiger charge is 2.16. The van der Waals surface area contributed by atoms with Gasteiger partial charge >= 0.3 is 0 Å². The molecule has 1 N–H and O–H groups in total. The van der Waals surface area contributed by atoms with Crippen molar-refractivity contribution in [1.29, 1.82) is 0 Å². The van der Waals surface area contributed by atoms with Crippen LogP contribution in [0.25, 0.3) is 0 Å². The number of hydrogen-bond donors (Lipinski definition) is 1. The standard InChI is InChI=1S/C13H23N5.HI/c1-5-11-10(12(6-2)18(4)16-11)9-15-13-14-7-8-17(13)3;/h5-9H2,1-4H3,(H,14,15);1H. The summed E-state index contributed by atoms with van der Waals surface area (Å²) < 4.78 is 2.01. The molecule has 1 aliphatic rings. The zero-order valence-corrected chi connectivity index (χ0v) is 14.6. The number of nitrogens with zero attached hydrogens (tertiary/aromatic N) is 4. The molecule has 0 aliphatic carbocycles. The zero-order chi connectivity index (χ0) is 13.1. The van der Waals surface area contributed by atoms with Crippen molar-refractivity contribution in [3.63, 3.8) is 0 Å². The van der Waals surface area contributed by atoms with E-state index in [1.807, 2.05) is 11.7 Å². The Morgan fingerprint density at radius 2 is 1.95 bits per heavy atom. The van der Waals surface area contributed by atoms with Crippen LogP contribution in [0.15, 0.2) is 4.99 Å². The van der Waals surface area contributed by atoms with E-state index >= 15 is 0 Å². The van der Waals surface area contributed by atoms with Crippen LogP contribution in [0.1, 0.15) is 30.8 Å². The Morgan fingerprint density at radius 1 is 1.21 bits per heavy atom. The maximum Gasteiger partial charge on any atom is 0.194 e. The van der Waals surface area contributed by atoms with Gasteiger partial charge in [0, 0.05) is 38.4 Å². The van der Waals surface area contributed by atoms with Gasteiger partial charge in [-0.1, -0.05) is 13.8 Å². The van der Waals surface area contributed by atoms with Crippen molar-refractivity contribution in [3.05, 3.63) is 17.0 Å². The summed E-state index contributed by atoms with van der Waals surface area (Å²) in [4.78, 5) is 6.61. The lowest BCUT2D eigenvalue weighted by Crippen LogP contribution is -2.35. The predicted octanol–water partition coefficient (Wildman–Crippen LogP) is 1.55. The van der Waals surface area contributed by atoms with Gasteiger partial charge in [0.2, 0.25) is 0 Å². The average molecular weight is 377 g/mol. The molecule has 0 radical (unpaired) electrons. The number of rotatable bonds is 4. The Bertz CT molecular complexity index is 452. The van der Waals surface area contributed by atoms with E-state index in [0.717, 1.165) is 38.4 Å². The maximum absolute atomic E-state index is 4.59. The minimum atomic E-state index is 0. The molecule has 0 spiro atoms. The highest BCUT2D eigenvalue weighted by molar-refractivity contribution is 14.0. The smallest absolute Gasteiger partial charge is 0.194 e. The summed E-state index contributed by atoms with van der Waals surface area (Å²) in [5, 5.41) is 8.02. The van der Waals surface area contributed by atoms with Crippen LogP contribution in [0, 0.1) is 0 Å². The van der Waals surface area contributed by atoms with Crippen molar-refractivity contribution in [2.75, 3.05) is 20.1 Å². The number of hydrogen-bond acceptors (Lipinski definition) is 4. The van der Waals surface area contributed by atoms with E-state index in [4.69, 9.17) is 0 Å². The predicted molar refractivity (Wildman–Crippen MR) is 89.2 cm³/mol. The van der Waals surface area contributed by atoms with E-state index in [9.17, 15) is 0 Å². The Labute approximate surface area is 132 Å². The first-order chi connectivity index (χ1) is 8.67. The minimum absolute atomic E-state index is 0. The second-order valence-corrected chi connectivity index (χ2v) is 4.68. The van der Waals surface area contributed by atoms with Gasteiger partial charge in [0.25, 0.3) is 0 Å². The second-order valence-electron chi connectivity index (χ2n) is 4.68. The Hall–Kier alpha value is -0.790. The highest BCUT2D eigenvalue weighted by atomic mass is 127. The number of guanidine groups is 1. The molecule has 5 nitrogen and oxygen atoms in total. The van der Waals surface area contributed by atoms with E-state index in [1.165, 1.54) is 17.0 Å². The third-order valence-corrected chi connectivity index (χ3v) is 3.51. The SMILES string of the molecule is CCc1nn(C)c(CC)c1CNC1=NCCN1C.I. The summed E-state index contributed by atoms with van der Waals surface area (Å²) in [5.41, 5.74) is 3.86. The quantitative estimate of drug-likeness (QED) is 0.811. The summed E-state index contributed by atoms with van der Waals surface area (Å²) in [6, 6.07) is 0. The van der Waals surface area contributed by atoms with E-state index in [-0.39, 0.29) is 24.0 Å². The van der Waals surface area contributed by atoms with Gasteiger partial charge in [-0.25, -0.2) is 0 Å². The lowest BCUT2D eigenvalue weighted by molar-refractivity contribution is 0.533. The van der Waals surface area contributed by atoms with Gasteiger partial charge in [-0.15, -0.1) is 24.0 Å². The largest absolute Gasteiger partial charge is 0.352 e. The van der Waals surface area contributed by atoms with Gasteiger partial charge in [-0.05, 0) is 12.8 Å². The van der Waals surface area contributed by atoms with Crippen molar-refractivity contribution >= 4 is 29.9 Å². The molecule has 0 saturated carbocycles. The molecule has 0 bridgehead atoms. The van der Waals surface area contributed by atoms with Crippen molar-refractivity contribution < 1.29 is 0 Å². The van der Waals surface area contributed by atoms with Crippen molar-refractivity contribution in [3.8, 4) is 0 Å². The fraction of sp³-hybridized carbons (Fsp3) is 0.692. The Kier molecular flexibility index (Phi) is 6.09. The van der Waals surface area contributed by atoms with Crippen LogP contribution in [0.3, 0.4) is 0 Å². The van der Waals surface area contributed by atoms with Gasteiger partial charge < -0.3 is 10.2 Å². The molecular weight excluding hydrogens is 353 g/mol. The first kappa shape index (κ1) is 16.3. The van der Waals surface area contributed by atoms with Gasteiger partial charge in [0.05, 0.1) is 12.2 Å². The topological polar surface area (TPSA) is 45.5 Å². The van der Waals surface area contributed by atoms with E-state index in [2.05, 4.69) is 41.2 Å². The summed E-state index contributed by atoms with van der Waals surface area (Å²) in [5.74, 6) is 1.00. The molecule has 6 heteroatoms. The third kappa shape index (κ3) is 3.40. The number of aliphatic imine (C=N–C) groups is 1. The molecule has 0 aromatic carbocycles. The monoisotopic (exact) mass is 377 g/mol. The average Bonchev–Trinajstić information content (AvgIpc) is 2.90. The Balaban J connectivity index is 0.00000180. The molecule has 0 fully saturated rings. The lowest BCUT2D eigenvalue weighted by atomic mass is 10.1. The molecule has 19 heavy (non-hydrogen) atoms. The molecular formula is C13H24IN5. The number of nitrogens with one attached hydrogen (secondary N) is 1. The van der Waals surface area contributed by atoms with Crippen molar-refractivity contribution in [2.24, 2.45) is 12.0 Å². The van der Waals surface area contributed by atoms with Crippen molar-refractivity contribution in [2.45, 2.75) is 33.2 Å². The van der Waals surface area contributed by atoms with Crippen LogP contribution >= 0.6 is 24.0 Å². The summed E-state index contributed by atoms with van der Waals surface area (Å²) in [6.45, 7) is 7.07. The van der Waals surface area contributed by atoms with Crippen LogP contribution < -0.4 is 5.32 Å². The fourth-order valence-corrected chi connectivity index (χ4v) is 2.48. The third-order valence-electron chi connectivity index (χ3n) is 3.51. The minimum Gasteiger partial charge on any atom is -0.352 e. The number of aromatic nitrogens is 2. The lowest BCUT2D eigenvalue weighted by Gasteiger charge is -2.15. The molecule has 0 unspecified atom stereocenters. The van der Waals surface area contributed by atoms with Gasteiger partial charge in [0.15, 0.2) is 5.96 Å². The molecule has 1 aliphatic heterocycles. The highest BCUT2D eigenvalue weighted by Crippen LogP contribution is 2.15. The molecule has 108 valence electrons. The van der Waals surface area contributed by atoms with Gasteiger partial charge in [-0.2, -0.15) is 5.10 Å². The second kappa shape index (κ2) is 7.12. The number of likely N-dealkylation sites (N-methyl/N-ethyl adjacent to an activating group) is 1. The van der Waals surface area contributed by atoms with E-state index in [0.29, 0.717) is 0 Å². The number of aryl methyl sites for hydroxylation is 2. The maximum atomic E-state index is 4.59. The van der Waals surface area contributed by atoms with Gasteiger partial charge in [0.1, 0.15) is 0 Å². The molecule has 1 aromatic rings. The molecule has 2 heterocycles. The first-order valence-electron chi connectivity index (χ1n) is 6.70. The molecule has 2 rings (SSSR count). The number of halogens is 1. The van der Waals surface area contributed by atoms with Gasteiger partial charge in [-0.3, -0.25) is 9.67 Å². The molecule has 0 saturated heterocycles. The summed E-state index contributed by atoms with van der Waals surface area (Å²) in [6.07, 6.45) is 2.00. The normalized spacial score (nSPS) is 14.3. The molecule has 1 aromatic heterocycles. The van der Waals surface area contributed by atoms with E-state index in [1.54, 1.807) is 0 Å². The van der Waals surface area contributed by atoms with Crippen LogP contribution in [-0.4, -0.2) is 40.8 Å². The summed E-state index contributed by atoms with van der Waals surface area (Å²) in [7, 11) is 4.10. The van der Waals surface area contributed by atoms with Crippen LogP contribution in [0.2, 0.25) is 0 Å². The Morgan fingerprint density at radius 3 is 2.47 bits per heavy atom. The zero-order valence-electron chi connectivity index (χ0n) is 12.2. The van der Waals surface area contributed by atoms with E-state index < -0.39 is 0 Å². The van der Waals surface area contributed by atoms with Crippen molar-refractivity contribution in [1.82, 2.24) is 20.0 Å². The van der Waals surface area contributed by atoms with Crippen LogP contribution in [0.4, 0.5) is 0 Å². The molecule has 0 atom stereocenters. The first-order valence-corrected chi connectivity index (χ1v) is 6.70. The molecule has 0 amide bonds. The summed E-state index contributed by atoms with van der Waals surface area (Å²) >= 11 is 0.